The van der Waals surface area contributed by atoms with Crippen LogP contribution in [-0.4, -0.2) is 51.5 Å². The number of carbonyl (C=O) groups excluding carboxylic acids is 1. The van der Waals surface area contributed by atoms with Gasteiger partial charge in [0, 0.05) is 31.8 Å². The van der Waals surface area contributed by atoms with E-state index in [2.05, 4.69) is 0 Å². The number of nitrogens with zero attached hydrogens (tertiary/aromatic N) is 1. The maximum Gasteiger partial charge on any atom is 0.304 e. The van der Waals surface area contributed by atoms with E-state index in [1.807, 2.05) is 10.8 Å². The SMILES string of the molecule is COC1CN(S(=O)(=O)NC(=O)c2cc(C3=CC3)c(OCC3CCCC3)cc2F)C1. The Labute approximate surface area is 170 Å². The van der Waals surface area contributed by atoms with Gasteiger partial charge in [-0.05, 0) is 36.8 Å². The van der Waals surface area contributed by atoms with Gasteiger partial charge < -0.3 is 9.47 Å². The third-order valence-corrected chi connectivity index (χ3v) is 7.15. The summed E-state index contributed by atoms with van der Waals surface area (Å²) in [5, 5.41) is 0. The van der Waals surface area contributed by atoms with E-state index in [9.17, 15) is 17.6 Å². The predicted octanol–water partition coefficient (Wildman–Crippen LogP) is 2.49. The van der Waals surface area contributed by atoms with Gasteiger partial charge in [0.05, 0.1) is 18.3 Å². The summed E-state index contributed by atoms with van der Waals surface area (Å²) in [4.78, 5) is 12.5. The van der Waals surface area contributed by atoms with E-state index in [0.29, 0.717) is 23.8 Å². The van der Waals surface area contributed by atoms with Crippen LogP contribution in [0, 0.1) is 11.7 Å². The van der Waals surface area contributed by atoms with Gasteiger partial charge in [-0.3, -0.25) is 4.79 Å². The van der Waals surface area contributed by atoms with Gasteiger partial charge in [-0.2, -0.15) is 12.7 Å². The normalized spacial score (nSPS) is 20.3. The quantitative estimate of drug-likeness (QED) is 0.693. The van der Waals surface area contributed by atoms with Crippen molar-refractivity contribution in [3.8, 4) is 5.75 Å². The summed E-state index contributed by atoms with van der Waals surface area (Å²) in [6.45, 7) is 0.844. The molecule has 9 heteroatoms. The van der Waals surface area contributed by atoms with Gasteiger partial charge in [-0.15, -0.1) is 0 Å². The fraction of sp³-hybridized carbons (Fsp3) is 0.550. The molecule has 1 heterocycles. The molecule has 1 amide bonds. The number of hydrogen-bond acceptors (Lipinski definition) is 5. The number of hydrogen-bond donors (Lipinski definition) is 1. The molecule has 0 spiro atoms. The van der Waals surface area contributed by atoms with Gasteiger partial charge in [0.2, 0.25) is 0 Å². The maximum atomic E-state index is 14.7. The van der Waals surface area contributed by atoms with E-state index in [1.54, 1.807) is 0 Å². The molecule has 4 rings (SSSR count). The molecule has 0 radical (unpaired) electrons. The van der Waals surface area contributed by atoms with Crippen LogP contribution in [-0.2, 0) is 14.9 Å². The molecule has 1 aliphatic heterocycles. The van der Waals surface area contributed by atoms with Crippen LogP contribution in [0.5, 0.6) is 5.75 Å². The molecule has 29 heavy (non-hydrogen) atoms. The summed E-state index contributed by atoms with van der Waals surface area (Å²) in [5.74, 6) is -0.918. The largest absolute Gasteiger partial charge is 0.493 e. The Bertz CT molecular complexity index is 934. The fourth-order valence-electron chi connectivity index (χ4n) is 3.74. The van der Waals surface area contributed by atoms with E-state index >= 15 is 0 Å². The molecular weight excluding hydrogens is 399 g/mol. The second kappa shape index (κ2) is 8.04. The summed E-state index contributed by atoms with van der Waals surface area (Å²) in [6, 6.07) is 2.58. The lowest BCUT2D eigenvalue weighted by Crippen LogP contribution is -2.58. The number of allylic oxidation sites excluding steroid dienone is 2. The molecule has 1 saturated carbocycles. The number of rotatable bonds is 8. The van der Waals surface area contributed by atoms with E-state index in [-0.39, 0.29) is 24.8 Å². The maximum absolute atomic E-state index is 14.7. The molecule has 158 valence electrons. The highest BCUT2D eigenvalue weighted by Gasteiger charge is 2.37. The van der Waals surface area contributed by atoms with Gasteiger partial charge in [0.25, 0.3) is 5.91 Å². The van der Waals surface area contributed by atoms with Crippen LogP contribution in [0.15, 0.2) is 18.2 Å². The molecule has 0 aromatic heterocycles. The summed E-state index contributed by atoms with van der Waals surface area (Å²) in [6.07, 6.45) is 7.11. The first-order chi connectivity index (χ1) is 13.9. The van der Waals surface area contributed by atoms with Crippen molar-refractivity contribution < 1.29 is 27.1 Å². The van der Waals surface area contributed by atoms with E-state index in [4.69, 9.17) is 9.47 Å². The fourth-order valence-corrected chi connectivity index (χ4v) is 4.94. The Morgan fingerprint density at radius 2 is 1.97 bits per heavy atom. The Hall–Kier alpha value is -1.97. The van der Waals surface area contributed by atoms with Crippen LogP contribution >= 0.6 is 0 Å². The molecule has 1 saturated heterocycles. The number of carbonyl (C=O) groups is 1. The number of methoxy groups -OCH3 is 1. The minimum atomic E-state index is -4.04. The third-order valence-electron chi connectivity index (χ3n) is 5.73. The Balaban J connectivity index is 1.49. The van der Waals surface area contributed by atoms with Gasteiger partial charge in [0.1, 0.15) is 11.6 Å². The van der Waals surface area contributed by atoms with Gasteiger partial charge in [-0.25, -0.2) is 9.11 Å². The van der Waals surface area contributed by atoms with Gasteiger partial charge in [-0.1, -0.05) is 18.9 Å². The number of amides is 1. The average molecular weight is 424 g/mol. The average Bonchev–Trinajstić information content (AvgIpc) is 3.33. The van der Waals surface area contributed by atoms with Crippen molar-refractivity contribution in [2.75, 3.05) is 26.8 Å². The summed E-state index contributed by atoms with van der Waals surface area (Å²) < 4.78 is 53.2. The molecule has 2 aliphatic carbocycles. The molecule has 1 aromatic rings. The van der Waals surface area contributed by atoms with Crippen molar-refractivity contribution in [2.45, 2.75) is 38.2 Å². The lowest BCUT2D eigenvalue weighted by molar-refractivity contribution is 0.0119. The highest BCUT2D eigenvalue weighted by atomic mass is 32.2. The van der Waals surface area contributed by atoms with Crippen molar-refractivity contribution in [1.82, 2.24) is 9.03 Å². The Morgan fingerprint density at radius 1 is 1.28 bits per heavy atom. The van der Waals surface area contributed by atoms with Crippen LogP contribution in [0.3, 0.4) is 0 Å². The highest BCUT2D eigenvalue weighted by molar-refractivity contribution is 7.87. The first-order valence-corrected chi connectivity index (χ1v) is 11.3. The smallest absolute Gasteiger partial charge is 0.304 e. The predicted molar refractivity (Wildman–Crippen MR) is 105 cm³/mol. The van der Waals surface area contributed by atoms with Gasteiger partial charge >= 0.3 is 10.2 Å². The van der Waals surface area contributed by atoms with Crippen LogP contribution in [0.4, 0.5) is 4.39 Å². The minimum absolute atomic E-state index is 0.160. The number of benzene rings is 1. The van der Waals surface area contributed by atoms with E-state index in [0.717, 1.165) is 29.1 Å². The van der Waals surface area contributed by atoms with Crippen molar-refractivity contribution in [2.24, 2.45) is 5.92 Å². The molecule has 7 nitrogen and oxygen atoms in total. The van der Waals surface area contributed by atoms with Crippen molar-refractivity contribution in [1.29, 1.82) is 0 Å². The van der Waals surface area contributed by atoms with Crippen LogP contribution in [0.2, 0.25) is 0 Å². The molecule has 3 aliphatic rings. The van der Waals surface area contributed by atoms with E-state index in [1.165, 1.54) is 32.1 Å². The zero-order chi connectivity index (χ0) is 20.6. The number of ether oxygens (including phenoxy) is 2. The molecule has 2 fully saturated rings. The zero-order valence-corrected chi connectivity index (χ0v) is 17.1. The summed E-state index contributed by atoms with van der Waals surface area (Å²) in [5.41, 5.74) is 1.30. The van der Waals surface area contributed by atoms with Crippen molar-refractivity contribution in [3.05, 3.63) is 35.2 Å². The molecular formula is C20H25FN2O5S. The zero-order valence-electron chi connectivity index (χ0n) is 16.3. The Morgan fingerprint density at radius 3 is 2.59 bits per heavy atom. The Kier molecular flexibility index (Phi) is 5.63. The molecule has 0 unspecified atom stereocenters. The highest BCUT2D eigenvalue weighted by Crippen LogP contribution is 2.39. The number of halogens is 1. The standard InChI is InChI=1S/C20H25FN2O5S/c1-27-15-10-23(11-15)29(25,26)22-20(24)17-8-16(14-6-7-14)19(9-18(17)21)28-12-13-4-2-3-5-13/h6,8-9,13,15H,2-5,7,10-12H2,1H3,(H,22,24). The minimum Gasteiger partial charge on any atom is -0.493 e. The number of nitrogens with one attached hydrogen (secondary N) is 1. The summed E-state index contributed by atoms with van der Waals surface area (Å²) >= 11 is 0. The first-order valence-electron chi connectivity index (χ1n) is 9.88. The third kappa shape index (κ3) is 4.46. The second-order valence-electron chi connectivity index (χ2n) is 7.83. The second-order valence-corrected chi connectivity index (χ2v) is 9.50. The molecule has 1 aromatic carbocycles. The topological polar surface area (TPSA) is 84.9 Å². The van der Waals surface area contributed by atoms with Gasteiger partial charge in [0.15, 0.2) is 0 Å². The lowest BCUT2D eigenvalue weighted by Gasteiger charge is -2.36. The lowest BCUT2D eigenvalue weighted by atomic mass is 10.1. The van der Waals surface area contributed by atoms with Crippen molar-refractivity contribution in [3.63, 3.8) is 0 Å². The summed E-state index contributed by atoms with van der Waals surface area (Å²) in [7, 11) is -2.55. The van der Waals surface area contributed by atoms with E-state index < -0.39 is 21.9 Å². The van der Waals surface area contributed by atoms with Crippen LogP contribution in [0.1, 0.15) is 48.0 Å². The molecule has 0 atom stereocenters. The monoisotopic (exact) mass is 424 g/mol. The van der Waals surface area contributed by atoms with Crippen LogP contribution < -0.4 is 9.46 Å². The first kappa shape index (κ1) is 20.3. The molecule has 0 bridgehead atoms. The molecule has 1 N–H and O–H groups in total. The van der Waals surface area contributed by atoms with Crippen LogP contribution in [0.25, 0.3) is 5.57 Å². The van der Waals surface area contributed by atoms with Crippen molar-refractivity contribution >= 4 is 21.7 Å².